The highest BCUT2D eigenvalue weighted by atomic mass is 127. The van der Waals surface area contributed by atoms with E-state index in [-0.39, 0.29) is 35.4 Å². The van der Waals surface area contributed by atoms with Crippen molar-refractivity contribution >= 4 is 41.5 Å². The fraction of sp³-hybridized carbons (Fsp3) is 0.619. The lowest BCUT2D eigenvalue weighted by molar-refractivity contribution is -0.117. The smallest absolute Gasteiger partial charge is 0.227 e. The molecule has 29 heavy (non-hydrogen) atoms. The van der Waals surface area contributed by atoms with Crippen molar-refractivity contribution in [2.75, 3.05) is 51.3 Å². The number of guanidine groups is 1. The van der Waals surface area contributed by atoms with Crippen LogP contribution in [-0.2, 0) is 16.1 Å². The maximum atomic E-state index is 11.9. The lowest BCUT2D eigenvalue weighted by Gasteiger charge is -2.41. The number of carbonyl (C=O) groups excluding carboxylic acids is 1. The maximum Gasteiger partial charge on any atom is 0.227 e. The summed E-state index contributed by atoms with van der Waals surface area (Å²) in [6, 6.07) is 8.19. The van der Waals surface area contributed by atoms with Crippen LogP contribution in [0.15, 0.2) is 29.3 Å². The summed E-state index contributed by atoms with van der Waals surface area (Å²) in [6.07, 6.45) is 1.61. The average molecular weight is 515 g/mol. The van der Waals surface area contributed by atoms with Crippen LogP contribution < -0.4 is 15.5 Å². The Bertz CT molecular complexity index is 687. The van der Waals surface area contributed by atoms with Crippen LogP contribution in [0.2, 0.25) is 0 Å². The molecule has 0 unspecified atom stereocenters. The summed E-state index contributed by atoms with van der Waals surface area (Å²) < 4.78 is 5.46. The summed E-state index contributed by atoms with van der Waals surface area (Å²) in [5.74, 6) is 1.01. The van der Waals surface area contributed by atoms with Crippen molar-refractivity contribution in [2.24, 2.45) is 4.99 Å². The molecule has 0 atom stereocenters. The number of halogens is 1. The van der Waals surface area contributed by atoms with Gasteiger partial charge in [-0.2, -0.15) is 0 Å². The van der Waals surface area contributed by atoms with E-state index in [1.54, 1.807) is 7.05 Å². The van der Waals surface area contributed by atoms with E-state index in [2.05, 4.69) is 46.5 Å². The number of benzene rings is 1. The number of hydrogen-bond acceptors (Lipinski definition) is 4. The number of hydrogen-bond donors (Lipinski definition) is 2. The lowest BCUT2D eigenvalue weighted by Crippen LogP contribution is -2.56. The number of nitrogens with zero attached hydrogens (tertiary/aromatic N) is 3. The van der Waals surface area contributed by atoms with Crippen LogP contribution in [-0.4, -0.2) is 68.7 Å². The third-order valence-corrected chi connectivity index (χ3v) is 5.56. The van der Waals surface area contributed by atoms with E-state index in [0.29, 0.717) is 13.0 Å². The molecule has 2 N–H and O–H groups in total. The van der Waals surface area contributed by atoms with Crippen molar-refractivity contribution < 1.29 is 9.53 Å². The first-order chi connectivity index (χ1) is 13.5. The molecule has 0 radical (unpaired) electrons. The minimum Gasteiger partial charge on any atom is -0.379 e. The molecule has 8 heteroatoms. The Morgan fingerprint density at radius 3 is 2.41 bits per heavy atom. The van der Waals surface area contributed by atoms with E-state index in [1.807, 2.05) is 17.0 Å². The number of amides is 1. The van der Waals surface area contributed by atoms with Crippen LogP contribution >= 0.6 is 24.0 Å². The zero-order valence-electron chi connectivity index (χ0n) is 17.7. The molecule has 0 aromatic heterocycles. The van der Waals surface area contributed by atoms with Gasteiger partial charge in [-0.3, -0.25) is 14.7 Å². The summed E-state index contributed by atoms with van der Waals surface area (Å²) in [5.41, 5.74) is 2.18. The standard InChI is InChI=1S/C21H33N5O2.HI/c1-21(2,25-11-13-28-14-12-25)16-24-20(22-3)23-15-17-6-8-18(9-7-17)26-10-4-5-19(26)27;/h6-9H,4-5,10-16H2,1-3H3,(H2,22,23,24);1H. The van der Waals surface area contributed by atoms with Crippen molar-refractivity contribution in [1.82, 2.24) is 15.5 Å². The number of morpholine rings is 1. The molecule has 7 nitrogen and oxygen atoms in total. The maximum absolute atomic E-state index is 11.9. The number of aliphatic imine (C=N–C) groups is 1. The van der Waals surface area contributed by atoms with Gasteiger partial charge < -0.3 is 20.3 Å². The van der Waals surface area contributed by atoms with Gasteiger partial charge in [0.25, 0.3) is 0 Å². The highest BCUT2D eigenvalue weighted by Crippen LogP contribution is 2.21. The topological polar surface area (TPSA) is 69.2 Å². The molecule has 3 rings (SSSR count). The number of rotatable bonds is 6. The number of ether oxygens (including phenoxy) is 1. The van der Waals surface area contributed by atoms with Crippen LogP contribution in [0.5, 0.6) is 0 Å². The Balaban J connectivity index is 0.00000300. The van der Waals surface area contributed by atoms with E-state index < -0.39 is 0 Å². The molecule has 0 saturated carbocycles. The van der Waals surface area contributed by atoms with Crippen molar-refractivity contribution in [3.8, 4) is 0 Å². The van der Waals surface area contributed by atoms with Gasteiger partial charge in [0.2, 0.25) is 5.91 Å². The second kappa shape index (κ2) is 11.1. The van der Waals surface area contributed by atoms with Gasteiger partial charge in [-0.05, 0) is 38.0 Å². The molecule has 1 amide bonds. The molecule has 0 aliphatic carbocycles. The van der Waals surface area contributed by atoms with Crippen molar-refractivity contribution in [1.29, 1.82) is 0 Å². The lowest BCUT2D eigenvalue weighted by atomic mass is 10.0. The second-order valence-corrected chi connectivity index (χ2v) is 8.01. The molecule has 1 aromatic rings. The van der Waals surface area contributed by atoms with E-state index in [4.69, 9.17) is 4.74 Å². The third-order valence-electron chi connectivity index (χ3n) is 5.56. The van der Waals surface area contributed by atoms with Crippen LogP contribution in [0.3, 0.4) is 0 Å². The Morgan fingerprint density at radius 1 is 1.14 bits per heavy atom. The summed E-state index contributed by atoms with van der Waals surface area (Å²) in [6.45, 7) is 10.3. The minimum atomic E-state index is 0. The van der Waals surface area contributed by atoms with Gasteiger partial charge in [-0.15, -0.1) is 24.0 Å². The predicted octanol–water partition coefficient (Wildman–Crippen LogP) is 2.21. The molecule has 2 aliphatic rings. The monoisotopic (exact) mass is 515 g/mol. The Labute approximate surface area is 191 Å². The van der Waals surface area contributed by atoms with Gasteiger partial charge >= 0.3 is 0 Å². The number of carbonyl (C=O) groups is 1. The summed E-state index contributed by atoms with van der Waals surface area (Å²) in [5, 5.41) is 6.82. The van der Waals surface area contributed by atoms with Gasteiger partial charge in [0.05, 0.1) is 13.2 Å². The first-order valence-corrected chi connectivity index (χ1v) is 10.2. The predicted molar refractivity (Wildman–Crippen MR) is 128 cm³/mol. The second-order valence-electron chi connectivity index (χ2n) is 8.01. The molecule has 0 spiro atoms. The quantitative estimate of drug-likeness (QED) is 0.346. The van der Waals surface area contributed by atoms with Gasteiger partial charge in [-0.25, -0.2) is 0 Å². The first-order valence-electron chi connectivity index (χ1n) is 10.2. The summed E-state index contributed by atoms with van der Waals surface area (Å²) >= 11 is 0. The van der Waals surface area contributed by atoms with Crippen LogP contribution in [0.25, 0.3) is 0 Å². The zero-order chi connectivity index (χ0) is 20.0. The molecule has 1 aromatic carbocycles. The minimum absolute atomic E-state index is 0. The highest BCUT2D eigenvalue weighted by Gasteiger charge is 2.28. The summed E-state index contributed by atoms with van der Waals surface area (Å²) in [7, 11) is 1.79. The van der Waals surface area contributed by atoms with E-state index in [9.17, 15) is 4.79 Å². The average Bonchev–Trinajstić information content (AvgIpc) is 3.15. The molecular formula is C21H34IN5O2. The normalized spacial score (nSPS) is 18.5. The highest BCUT2D eigenvalue weighted by molar-refractivity contribution is 14.0. The third kappa shape index (κ3) is 6.55. The fourth-order valence-corrected chi connectivity index (χ4v) is 3.70. The van der Waals surface area contributed by atoms with Crippen LogP contribution in [0.4, 0.5) is 5.69 Å². The van der Waals surface area contributed by atoms with Crippen molar-refractivity contribution in [3.63, 3.8) is 0 Å². The largest absolute Gasteiger partial charge is 0.379 e. The molecule has 2 heterocycles. The van der Waals surface area contributed by atoms with E-state index in [0.717, 1.165) is 63.0 Å². The molecule has 0 bridgehead atoms. The Morgan fingerprint density at radius 2 is 1.83 bits per heavy atom. The fourth-order valence-electron chi connectivity index (χ4n) is 3.70. The van der Waals surface area contributed by atoms with E-state index in [1.165, 1.54) is 0 Å². The van der Waals surface area contributed by atoms with E-state index >= 15 is 0 Å². The SMILES string of the molecule is CN=C(NCc1ccc(N2CCCC2=O)cc1)NCC(C)(C)N1CCOCC1.I. The number of nitrogens with one attached hydrogen (secondary N) is 2. The van der Waals surface area contributed by atoms with Gasteiger partial charge in [-0.1, -0.05) is 12.1 Å². The molecule has 2 fully saturated rings. The van der Waals surface area contributed by atoms with Crippen molar-refractivity contribution in [3.05, 3.63) is 29.8 Å². The van der Waals surface area contributed by atoms with Crippen LogP contribution in [0.1, 0.15) is 32.3 Å². The zero-order valence-corrected chi connectivity index (χ0v) is 20.1. The molecule has 2 saturated heterocycles. The molecule has 162 valence electrons. The molecular weight excluding hydrogens is 481 g/mol. The van der Waals surface area contributed by atoms with Gasteiger partial charge in [0.15, 0.2) is 5.96 Å². The molecule has 2 aliphatic heterocycles. The van der Waals surface area contributed by atoms with Crippen LogP contribution in [0, 0.1) is 0 Å². The summed E-state index contributed by atoms with van der Waals surface area (Å²) in [4.78, 5) is 20.5. The Hall–Kier alpha value is -1.39. The van der Waals surface area contributed by atoms with Gasteiger partial charge in [0, 0.05) is 57.4 Å². The van der Waals surface area contributed by atoms with Crippen molar-refractivity contribution in [2.45, 2.75) is 38.8 Å². The Kier molecular flexibility index (Phi) is 9.16. The van der Waals surface area contributed by atoms with Gasteiger partial charge in [0.1, 0.15) is 0 Å². The first kappa shape index (κ1) is 23.9. The number of anilines is 1.